The normalized spacial score (nSPS) is 24.3. The molecule has 0 aliphatic carbocycles. The third kappa shape index (κ3) is 4.86. The Morgan fingerprint density at radius 1 is 0.967 bits per heavy atom. The lowest BCUT2D eigenvalue weighted by molar-refractivity contribution is -0.150. The van der Waals surface area contributed by atoms with Crippen LogP contribution in [-0.4, -0.2) is 81.9 Å². The molecule has 1 atom stereocenters. The van der Waals surface area contributed by atoms with Gasteiger partial charge in [-0.1, -0.05) is 12.1 Å². The van der Waals surface area contributed by atoms with Crippen molar-refractivity contribution in [2.24, 2.45) is 0 Å². The lowest BCUT2D eigenvalue weighted by atomic mass is 10.00. The van der Waals surface area contributed by atoms with Crippen LogP contribution < -0.4 is 0 Å². The van der Waals surface area contributed by atoms with E-state index in [1.54, 1.807) is 24.3 Å². The summed E-state index contributed by atoms with van der Waals surface area (Å²) in [5, 5.41) is 0. The summed E-state index contributed by atoms with van der Waals surface area (Å²) in [5.41, 5.74) is 0.950. The molecule has 0 radical (unpaired) electrons. The largest absolute Gasteiger partial charge is 0.379 e. The van der Waals surface area contributed by atoms with E-state index in [1.165, 1.54) is 4.31 Å². The van der Waals surface area contributed by atoms with Crippen molar-refractivity contribution >= 4 is 15.9 Å². The van der Waals surface area contributed by atoms with Gasteiger partial charge in [-0.3, -0.25) is 4.79 Å². The van der Waals surface area contributed by atoms with E-state index in [9.17, 15) is 13.2 Å². The van der Waals surface area contributed by atoms with Gasteiger partial charge in [0, 0.05) is 26.1 Å². The number of amides is 1. The summed E-state index contributed by atoms with van der Waals surface area (Å²) < 4.78 is 43.4. The van der Waals surface area contributed by atoms with Gasteiger partial charge < -0.3 is 19.1 Å². The van der Waals surface area contributed by atoms with Crippen molar-refractivity contribution in [2.75, 3.05) is 46.1 Å². The Hall–Kier alpha value is -1.52. The van der Waals surface area contributed by atoms with Crippen LogP contribution in [0.3, 0.4) is 0 Å². The number of nitrogens with zero attached hydrogens (tertiary/aromatic N) is 2. The van der Waals surface area contributed by atoms with Crippen molar-refractivity contribution in [1.29, 1.82) is 0 Å². The minimum absolute atomic E-state index is 0.00482. The first-order valence-electron chi connectivity index (χ1n) is 10.8. The smallest absolute Gasteiger partial charge is 0.243 e. The highest BCUT2D eigenvalue weighted by Crippen LogP contribution is 2.25. The van der Waals surface area contributed by atoms with Crippen LogP contribution in [0.15, 0.2) is 29.2 Å². The highest BCUT2D eigenvalue weighted by Gasteiger charge is 2.36. The average molecular weight is 439 g/mol. The summed E-state index contributed by atoms with van der Waals surface area (Å²) in [6.45, 7) is 3.52. The Morgan fingerprint density at radius 3 is 2.37 bits per heavy atom. The van der Waals surface area contributed by atoms with Crippen molar-refractivity contribution in [3.63, 3.8) is 0 Å². The van der Waals surface area contributed by atoms with Crippen molar-refractivity contribution in [2.45, 2.75) is 49.3 Å². The number of benzene rings is 1. The van der Waals surface area contributed by atoms with Gasteiger partial charge in [0.05, 0.1) is 37.4 Å². The molecule has 3 fully saturated rings. The van der Waals surface area contributed by atoms with Gasteiger partial charge in [0.25, 0.3) is 0 Å². The van der Waals surface area contributed by atoms with Crippen molar-refractivity contribution in [3.8, 4) is 0 Å². The molecule has 1 aromatic carbocycles. The number of hydrogen-bond acceptors (Lipinski definition) is 6. The first-order valence-corrected chi connectivity index (χ1v) is 12.2. The molecule has 30 heavy (non-hydrogen) atoms. The number of ether oxygens (including phenoxy) is 3. The highest BCUT2D eigenvalue weighted by atomic mass is 32.2. The molecule has 4 rings (SSSR count). The number of rotatable bonds is 6. The van der Waals surface area contributed by atoms with Gasteiger partial charge in [-0.15, -0.1) is 0 Å². The number of aryl methyl sites for hydroxylation is 1. The summed E-state index contributed by atoms with van der Waals surface area (Å²) >= 11 is 0. The Kier molecular flexibility index (Phi) is 7.05. The second-order valence-electron chi connectivity index (χ2n) is 7.92. The van der Waals surface area contributed by atoms with Gasteiger partial charge in [0.1, 0.15) is 0 Å². The van der Waals surface area contributed by atoms with Crippen LogP contribution in [0, 0.1) is 0 Å². The second kappa shape index (κ2) is 9.74. The quantitative estimate of drug-likeness (QED) is 0.667. The molecular formula is C21H30N2O6S. The molecule has 1 amide bonds. The van der Waals surface area contributed by atoms with E-state index in [4.69, 9.17) is 14.2 Å². The van der Waals surface area contributed by atoms with E-state index in [1.807, 2.05) is 4.90 Å². The molecule has 3 saturated heterocycles. The maximum Gasteiger partial charge on any atom is 0.243 e. The maximum absolute atomic E-state index is 12.9. The number of sulfonamides is 1. The molecule has 0 N–H and O–H groups in total. The van der Waals surface area contributed by atoms with Crippen molar-refractivity contribution in [1.82, 2.24) is 9.21 Å². The topological polar surface area (TPSA) is 85.4 Å². The monoisotopic (exact) mass is 438 g/mol. The van der Waals surface area contributed by atoms with E-state index < -0.39 is 10.0 Å². The van der Waals surface area contributed by atoms with Gasteiger partial charge in [-0.05, 0) is 43.4 Å². The molecule has 1 unspecified atom stereocenters. The molecule has 1 aromatic rings. The molecule has 3 heterocycles. The van der Waals surface area contributed by atoms with Crippen LogP contribution in [0.4, 0.5) is 0 Å². The number of piperidine rings is 1. The van der Waals surface area contributed by atoms with Crippen LogP contribution in [-0.2, 0) is 35.4 Å². The van der Waals surface area contributed by atoms with E-state index in [2.05, 4.69) is 0 Å². The van der Waals surface area contributed by atoms with Crippen LogP contribution in [0.25, 0.3) is 0 Å². The van der Waals surface area contributed by atoms with Crippen molar-refractivity contribution in [3.05, 3.63) is 29.8 Å². The summed E-state index contributed by atoms with van der Waals surface area (Å²) in [7, 11) is -3.49. The van der Waals surface area contributed by atoms with Crippen LogP contribution >= 0.6 is 0 Å². The molecule has 0 aromatic heterocycles. The third-order valence-corrected chi connectivity index (χ3v) is 7.90. The van der Waals surface area contributed by atoms with E-state index in [-0.39, 0.29) is 23.1 Å². The van der Waals surface area contributed by atoms with Gasteiger partial charge in [0.2, 0.25) is 15.9 Å². The Morgan fingerprint density at radius 2 is 1.67 bits per heavy atom. The first-order chi connectivity index (χ1) is 14.6. The second-order valence-corrected chi connectivity index (χ2v) is 9.86. The molecule has 0 saturated carbocycles. The van der Waals surface area contributed by atoms with E-state index in [0.29, 0.717) is 52.4 Å². The predicted octanol–water partition coefficient (Wildman–Crippen LogP) is 1.39. The zero-order chi connectivity index (χ0) is 21.0. The number of carbonyl (C=O) groups excluding carboxylic acids is 1. The Labute approximate surface area is 178 Å². The molecule has 0 bridgehead atoms. The van der Waals surface area contributed by atoms with Crippen LogP contribution in [0.2, 0.25) is 0 Å². The van der Waals surface area contributed by atoms with E-state index >= 15 is 0 Å². The van der Waals surface area contributed by atoms with Crippen LogP contribution in [0.5, 0.6) is 0 Å². The maximum atomic E-state index is 12.9. The zero-order valence-corrected chi connectivity index (χ0v) is 18.0. The van der Waals surface area contributed by atoms with Crippen molar-refractivity contribution < 1.29 is 27.4 Å². The molecule has 0 spiro atoms. The first kappa shape index (κ1) is 21.7. The summed E-state index contributed by atoms with van der Waals surface area (Å²) in [6.07, 6.45) is 3.65. The molecule has 9 heteroatoms. The summed E-state index contributed by atoms with van der Waals surface area (Å²) in [6, 6.07) is 6.87. The molecule has 3 aliphatic heterocycles. The lowest BCUT2D eigenvalue weighted by Gasteiger charge is -2.38. The Balaban J connectivity index is 1.34. The number of likely N-dealkylation sites (tertiary alicyclic amines) is 1. The van der Waals surface area contributed by atoms with Crippen LogP contribution in [0.1, 0.15) is 31.2 Å². The fraction of sp³-hybridized carbons (Fsp3) is 0.667. The molecule has 3 aliphatic rings. The van der Waals surface area contributed by atoms with Gasteiger partial charge in [0.15, 0.2) is 6.29 Å². The SMILES string of the molecule is O=C(CCc1ccc(S(=O)(=O)N2CCOCC2)cc1)N1CCCCC1C1OCCO1. The standard InChI is InChI=1S/C21H30N2O6S/c24-20(23-10-2-1-3-19(23)21-28-15-16-29-21)9-6-17-4-7-18(8-5-17)30(25,26)22-11-13-27-14-12-22/h4-5,7-8,19,21H,1-3,6,9-16H2. The average Bonchev–Trinajstić information content (AvgIpc) is 3.33. The number of morpholine rings is 1. The highest BCUT2D eigenvalue weighted by molar-refractivity contribution is 7.89. The fourth-order valence-corrected chi connectivity index (χ4v) is 5.72. The fourth-order valence-electron chi connectivity index (χ4n) is 4.31. The minimum atomic E-state index is -3.49. The van der Waals surface area contributed by atoms with Gasteiger partial charge in [-0.25, -0.2) is 8.42 Å². The molecular weight excluding hydrogens is 408 g/mol. The van der Waals surface area contributed by atoms with E-state index in [0.717, 1.165) is 31.4 Å². The summed E-state index contributed by atoms with van der Waals surface area (Å²) in [4.78, 5) is 15.1. The lowest BCUT2D eigenvalue weighted by Crippen LogP contribution is -2.50. The molecule has 8 nitrogen and oxygen atoms in total. The van der Waals surface area contributed by atoms with Gasteiger partial charge in [-0.2, -0.15) is 4.31 Å². The summed E-state index contributed by atoms with van der Waals surface area (Å²) in [5.74, 6) is 0.101. The predicted molar refractivity (Wildman–Crippen MR) is 109 cm³/mol. The van der Waals surface area contributed by atoms with Gasteiger partial charge >= 0.3 is 0 Å². The zero-order valence-electron chi connectivity index (χ0n) is 17.2. The third-order valence-electron chi connectivity index (χ3n) is 5.99. The molecule has 166 valence electrons. The number of carbonyl (C=O) groups is 1. The minimum Gasteiger partial charge on any atom is -0.379 e. The Bertz CT molecular complexity index is 816. The number of hydrogen-bond donors (Lipinski definition) is 0.